The number of amides is 1. The second-order valence-corrected chi connectivity index (χ2v) is 3.95. The molecule has 18 heavy (non-hydrogen) atoms. The first kappa shape index (κ1) is 12.0. The number of hydrogen-bond donors (Lipinski definition) is 2. The molecule has 2 rings (SSSR count). The van der Waals surface area contributed by atoms with E-state index in [1.54, 1.807) is 6.92 Å². The highest BCUT2D eigenvalue weighted by molar-refractivity contribution is 7.08. The van der Waals surface area contributed by atoms with Gasteiger partial charge in [0.25, 0.3) is 5.91 Å². The van der Waals surface area contributed by atoms with Gasteiger partial charge < -0.3 is 10.4 Å². The van der Waals surface area contributed by atoms with E-state index in [1.807, 2.05) is 0 Å². The number of aromatic carboxylic acids is 1. The topological polar surface area (TPSA) is 118 Å². The van der Waals surface area contributed by atoms with Gasteiger partial charge in [-0.3, -0.25) is 4.79 Å². The van der Waals surface area contributed by atoms with E-state index in [1.165, 1.54) is 12.4 Å². The van der Waals surface area contributed by atoms with Gasteiger partial charge >= 0.3 is 5.97 Å². The molecule has 0 unspecified atom stereocenters. The molecule has 8 nitrogen and oxygen atoms in total. The van der Waals surface area contributed by atoms with E-state index in [-0.39, 0.29) is 11.5 Å². The summed E-state index contributed by atoms with van der Waals surface area (Å²) in [6.45, 7) is 1.63. The summed E-state index contributed by atoms with van der Waals surface area (Å²) in [5.74, 6) is -1.88. The Hall–Kier alpha value is -2.42. The van der Waals surface area contributed by atoms with Crippen LogP contribution in [0.25, 0.3) is 0 Å². The third kappa shape index (κ3) is 2.30. The first-order chi connectivity index (χ1) is 8.59. The highest BCUT2D eigenvalue weighted by Crippen LogP contribution is 2.14. The molecule has 1 amide bonds. The first-order valence-corrected chi connectivity index (χ1v) is 5.51. The number of nitrogens with one attached hydrogen (secondary N) is 1. The molecule has 0 aromatic carbocycles. The maximum Gasteiger partial charge on any atom is 0.358 e. The summed E-state index contributed by atoms with van der Waals surface area (Å²) in [5, 5.41) is 15.0. The predicted octanol–water partition coefficient (Wildman–Crippen LogP) is 0.587. The molecule has 2 N–H and O–H groups in total. The molecule has 0 atom stereocenters. The molecule has 0 bridgehead atoms. The van der Waals surface area contributed by atoms with Gasteiger partial charge in [0.1, 0.15) is 4.88 Å². The number of aromatic nitrogens is 4. The fourth-order valence-electron chi connectivity index (χ4n) is 1.19. The number of hydrogen-bond acceptors (Lipinski definition) is 7. The number of carbonyl (C=O) groups excluding carboxylic acids is 1. The highest BCUT2D eigenvalue weighted by Gasteiger charge is 2.18. The van der Waals surface area contributed by atoms with Crippen molar-refractivity contribution in [3.8, 4) is 0 Å². The van der Waals surface area contributed by atoms with E-state index < -0.39 is 11.9 Å². The van der Waals surface area contributed by atoms with E-state index in [2.05, 4.69) is 24.9 Å². The fourth-order valence-corrected chi connectivity index (χ4v) is 1.74. The Labute approximate surface area is 105 Å². The Bertz CT molecular complexity index is 612. The zero-order chi connectivity index (χ0) is 13.1. The summed E-state index contributed by atoms with van der Waals surface area (Å²) in [7, 11) is 0. The van der Waals surface area contributed by atoms with Gasteiger partial charge in [0.15, 0.2) is 11.5 Å². The second kappa shape index (κ2) is 4.84. The van der Waals surface area contributed by atoms with Crippen molar-refractivity contribution >= 4 is 29.2 Å². The first-order valence-electron chi connectivity index (χ1n) is 4.74. The minimum atomic E-state index is -1.27. The molecule has 0 saturated heterocycles. The summed E-state index contributed by atoms with van der Waals surface area (Å²) >= 11 is 0.922. The van der Waals surface area contributed by atoms with Gasteiger partial charge in [-0.15, -0.1) is 5.10 Å². The molecule has 2 aromatic heterocycles. The summed E-state index contributed by atoms with van der Waals surface area (Å²) in [4.78, 5) is 30.4. The van der Waals surface area contributed by atoms with Gasteiger partial charge in [-0.2, -0.15) is 0 Å². The smallest absolute Gasteiger partial charge is 0.358 e. The number of nitrogens with zero attached hydrogens (tertiary/aromatic N) is 4. The summed E-state index contributed by atoms with van der Waals surface area (Å²) < 4.78 is 3.62. The molecule has 0 radical (unpaired) electrons. The van der Waals surface area contributed by atoms with Crippen LogP contribution in [0.5, 0.6) is 0 Å². The van der Waals surface area contributed by atoms with Crippen LogP contribution >= 0.6 is 11.5 Å². The lowest BCUT2D eigenvalue weighted by Gasteiger charge is -2.04. The molecular formula is C9H7N5O3S. The third-order valence-corrected chi connectivity index (χ3v) is 2.82. The molecule has 0 saturated carbocycles. The average molecular weight is 265 g/mol. The van der Waals surface area contributed by atoms with Crippen LogP contribution in [0.3, 0.4) is 0 Å². The number of rotatable bonds is 3. The van der Waals surface area contributed by atoms with Crippen molar-refractivity contribution < 1.29 is 14.7 Å². The Morgan fingerprint density at radius 2 is 2.06 bits per heavy atom. The van der Waals surface area contributed by atoms with Crippen LogP contribution < -0.4 is 5.32 Å². The molecule has 2 aromatic rings. The number of aryl methyl sites for hydroxylation is 1. The zero-order valence-electron chi connectivity index (χ0n) is 9.12. The Kier molecular flexibility index (Phi) is 3.24. The van der Waals surface area contributed by atoms with E-state index in [0.717, 1.165) is 11.5 Å². The van der Waals surface area contributed by atoms with Gasteiger partial charge in [0.2, 0.25) is 0 Å². The maximum absolute atomic E-state index is 11.8. The van der Waals surface area contributed by atoms with Crippen molar-refractivity contribution in [3.05, 3.63) is 28.7 Å². The van der Waals surface area contributed by atoms with Crippen LogP contribution in [-0.2, 0) is 0 Å². The molecule has 0 aliphatic carbocycles. The molecule has 0 aliphatic heterocycles. The van der Waals surface area contributed by atoms with E-state index in [4.69, 9.17) is 5.11 Å². The normalized spacial score (nSPS) is 10.1. The SMILES string of the molecule is Cc1nnsc1C(=O)Nc1nccnc1C(=O)O. The van der Waals surface area contributed by atoms with Crippen LogP contribution in [0, 0.1) is 6.92 Å². The summed E-state index contributed by atoms with van der Waals surface area (Å²) in [5.41, 5.74) is 0.152. The lowest BCUT2D eigenvalue weighted by atomic mass is 10.3. The van der Waals surface area contributed by atoms with Crippen molar-refractivity contribution in [2.75, 3.05) is 5.32 Å². The zero-order valence-corrected chi connectivity index (χ0v) is 9.93. The third-order valence-electron chi connectivity index (χ3n) is 1.99. The summed E-state index contributed by atoms with van der Waals surface area (Å²) in [6.07, 6.45) is 2.53. The second-order valence-electron chi connectivity index (χ2n) is 3.20. The van der Waals surface area contributed by atoms with Gasteiger partial charge in [-0.25, -0.2) is 14.8 Å². The fraction of sp³-hybridized carbons (Fsp3) is 0.111. The monoisotopic (exact) mass is 265 g/mol. The predicted molar refractivity (Wildman–Crippen MR) is 61.6 cm³/mol. The molecule has 0 aliphatic rings. The lowest BCUT2D eigenvalue weighted by Crippen LogP contribution is -2.16. The van der Waals surface area contributed by atoms with E-state index in [9.17, 15) is 9.59 Å². The van der Waals surface area contributed by atoms with Gasteiger partial charge in [-0.1, -0.05) is 4.49 Å². The van der Waals surface area contributed by atoms with Crippen LogP contribution in [0.1, 0.15) is 25.9 Å². The largest absolute Gasteiger partial charge is 0.476 e. The number of anilines is 1. The van der Waals surface area contributed by atoms with Gasteiger partial charge in [0, 0.05) is 12.4 Å². The standard InChI is InChI=1S/C9H7N5O3S/c1-4-6(18-14-13-4)8(15)12-7-5(9(16)17)10-2-3-11-7/h2-3H,1H3,(H,16,17)(H,11,12,15). The minimum Gasteiger partial charge on any atom is -0.476 e. The number of carbonyl (C=O) groups is 2. The van der Waals surface area contributed by atoms with E-state index >= 15 is 0 Å². The van der Waals surface area contributed by atoms with Crippen molar-refractivity contribution in [2.45, 2.75) is 6.92 Å². The maximum atomic E-state index is 11.8. The lowest BCUT2D eigenvalue weighted by molar-refractivity contribution is 0.0691. The molecule has 0 fully saturated rings. The Balaban J connectivity index is 2.28. The van der Waals surface area contributed by atoms with Crippen molar-refractivity contribution in [2.24, 2.45) is 0 Å². The molecular weight excluding hydrogens is 258 g/mol. The molecule has 2 heterocycles. The van der Waals surface area contributed by atoms with E-state index in [0.29, 0.717) is 10.6 Å². The Morgan fingerprint density at radius 1 is 1.33 bits per heavy atom. The summed E-state index contributed by atoms with van der Waals surface area (Å²) in [6, 6.07) is 0. The number of carboxylic acids is 1. The number of carboxylic acid groups (broad SMARTS) is 1. The van der Waals surface area contributed by atoms with Crippen LogP contribution in [0.15, 0.2) is 12.4 Å². The van der Waals surface area contributed by atoms with Gasteiger partial charge in [0.05, 0.1) is 5.69 Å². The Morgan fingerprint density at radius 3 is 2.67 bits per heavy atom. The molecule has 9 heteroatoms. The molecule has 92 valence electrons. The van der Waals surface area contributed by atoms with Crippen LogP contribution in [-0.4, -0.2) is 36.5 Å². The minimum absolute atomic E-state index is 0.109. The average Bonchev–Trinajstić information content (AvgIpc) is 2.76. The van der Waals surface area contributed by atoms with Crippen molar-refractivity contribution in [1.82, 2.24) is 19.6 Å². The van der Waals surface area contributed by atoms with Crippen molar-refractivity contribution in [3.63, 3.8) is 0 Å². The molecule has 0 spiro atoms. The van der Waals surface area contributed by atoms with Crippen LogP contribution in [0.4, 0.5) is 5.82 Å². The highest BCUT2D eigenvalue weighted by atomic mass is 32.1. The quantitative estimate of drug-likeness (QED) is 0.833. The van der Waals surface area contributed by atoms with Crippen LogP contribution in [0.2, 0.25) is 0 Å². The van der Waals surface area contributed by atoms with Crippen molar-refractivity contribution in [1.29, 1.82) is 0 Å². The van der Waals surface area contributed by atoms with Gasteiger partial charge in [-0.05, 0) is 18.5 Å².